The third kappa shape index (κ3) is 2.86. The quantitative estimate of drug-likeness (QED) is 0.697. The normalized spacial score (nSPS) is 23.9. The van der Waals surface area contributed by atoms with Crippen LogP contribution in [0.15, 0.2) is 0 Å². The molecule has 2 rings (SSSR count). The highest BCUT2D eigenvalue weighted by molar-refractivity contribution is 5.82. The fourth-order valence-electron chi connectivity index (χ4n) is 3.03. The van der Waals surface area contributed by atoms with Crippen LogP contribution < -0.4 is 5.32 Å². The van der Waals surface area contributed by atoms with Gasteiger partial charge in [-0.05, 0) is 57.7 Å². The van der Waals surface area contributed by atoms with Crippen LogP contribution in [0.2, 0.25) is 0 Å². The van der Waals surface area contributed by atoms with E-state index in [1.807, 2.05) is 0 Å². The van der Waals surface area contributed by atoms with Gasteiger partial charge >= 0.3 is 5.97 Å². The molecule has 1 saturated carbocycles. The van der Waals surface area contributed by atoms with Gasteiger partial charge in [0.05, 0.1) is 7.11 Å². The minimum Gasteiger partial charge on any atom is -0.468 e. The molecule has 0 bridgehead atoms. The van der Waals surface area contributed by atoms with Crippen LogP contribution >= 0.6 is 0 Å². The van der Waals surface area contributed by atoms with E-state index in [1.165, 1.54) is 20.0 Å². The molecule has 104 valence electrons. The molecule has 4 nitrogen and oxygen atoms in total. The summed E-state index contributed by atoms with van der Waals surface area (Å²) >= 11 is 0. The van der Waals surface area contributed by atoms with Gasteiger partial charge in [-0.15, -0.1) is 0 Å². The Morgan fingerprint density at radius 3 is 2.56 bits per heavy atom. The van der Waals surface area contributed by atoms with Crippen molar-refractivity contribution in [3.05, 3.63) is 0 Å². The number of nitrogens with zero attached hydrogens (tertiary/aromatic N) is 1. The number of nitrogens with one attached hydrogen (secondary N) is 1. The fourth-order valence-corrected chi connectivity index (χ4v) is 3.03. The lowest BCUT2D eigenvalue weighted by Gasteiger charge is -2.35. The zero-order valence-electron chi connectivity index (χ0n) is 11.7. The molecule has 0 aromatic heterocycles. The second-order valence-corrected chi connectivity index (χ2v) is 5.65. The van der Waals surface area contributed by atoms with E-state index in [1.54, 1.807) is 0 Å². The van der Waals surface area contributed by atoms with Crippen molar-refractivity contribution in [2.24, 2.45) is 5.92 Å². The van der Waals surface area contributed by atoms with Gasteiger partial charge in [0.1, 0.15) is 5.54 Å². The molecular formula is C14H26N2O2. The third-order valence-corrected chi connectivity index (χ3v) is 4.19. The minimum absolute atomic E-state index is 0.0645. The summed E-state index contributed by atoms with van der Waals surface area (Å²) in [5, 5.41) is 3.51. The Bertz CT molecular complexity index is 286. The predicted octanol–water partition coefficient (Wildman–Crippen LogP) is 1.40. The van der Waals surface area contributed by atoms with Crippen molar-refractivity contribution >= 4 is 5.97 Å². The van der Waals surface area contributed by atoms with E-state index in [-0.39, 0.29) is 5.97 Å². The van der Waals surface area contributed by atoms with Gasteiger partial charge in [-0.2, -0.15) is 0 Å². The van der Waals surface area contributed by atoms with E-state index in [0.29, 0.717) is 5.92 Å². The monoisotopic (exact) mass is 254 g/mol. The van der Waals surface area contributed by atoms with E-state index in [0.717, 1.165) is 45.4 Å². The lowest BCUT2D eigenvalue weighted by atomic mass is 9.92. The molecule has 1 aliphatic carbocycles. The van der Waals surface area contributed by atoms with Crippen LogP contribution in [0.5, 0.6) is 0 Å². The van der Waals surface area contributed by atoms with Gasteiger partial charge in [-0.25, -0.2) is 4.79 Å². The van der Waals surface area contributed by atoms with E-state index < -0.39 is 5.54 Å². The van der Waals surface area contributed by atoms with Crippen molar-refractivity contribution in [2.45, 2.75) is 44.6 Å². The molecule has 0 amide bonds. The first-order valence-electron chi connectivity index (χ1n) is 7.28. The zero-order chi connectivity index (χ0) is 13.0. The first-order valence-corrected chi connectivity index (χ1v) is 7.28. The van der Waals surface area contributed by atoms with Crippen LogP contribution in [0.3, 0.4) is 0 Å². The Balaban J connectivity index is 2.09. The maximum atomic E-state index is 12.3. The summed E-state index contributed by atoms with van der Waals surface area (Å²) in [6, 6.07) is 0. The van der Waals surface area contributed by atoms with Crippen LogP contribution in [-0.2, 0) is 9.53 Å². The molecule has 1 unspecified atom stereocenters. The number of hydrogen-bond acceptors (Lipinski definition) is 4. The molecule has 4 heteroatoms. The second-order valence-electron chi connectivity index (χ2n) is 5.65. The van der Waals surface area contributed by atoms with Gasteiger partial charge in [0, 0.05) is 6.54 Å². The minimum atomic E-state index is -0.449. The summed E-state index contributed by atoms with van der Waals surface area (Å²) in [5.74, 6) is 0.405. The van der Waals surface area contributed by atoms with Crippen molar-refractivity contribution in [2.75, 3.05) is 33.3 Å². The Morgan fingerprint density at radius 1 is 1.39 bits per heavy atom. The molecule has 2 fully saturated rings. The number of hydrogen-bond donors (Lipinski definition) is 1. The summed E-state index contributed by atoms with van der Waals surface area (Å²) in [7, 11) is 1.51. The molecule has 1 heterocycles. The smallest absolute Gasteiger partial charge is 0.327 e. The highest BCUT2D eigenvalue weighted by atomic mass is 16.5. The molecule has 1 saturated heterocycles. The highest BCUT2D eigenvalue weighted by Gasteiger charge is 2.52. The lowest BCUT2D eigenvalue weighted by Crippen LogP contribution is -2.61. The van der Waals surface area contributed by atoms with Gasteiger partial charge in [0.15, 0.2) is 0 Å². The number of rotatable bonds is 7. The van der Waals surface area contributed by atoms with Crippen LogP contribution in [0.1, 0.15) is 39.0 Å². The summed E-state index contributed by atoms with van der Waals surface area (Å²) in [6.45, 7) is 6.10. The van der Waals surface area contributed by atoms with Crippen molar-refractivity contribution in [3.8, 4) is 0 Å². The Hall–Kier alpha value is -0.610. The molecule has 0 aromatic rings. The number of carbonyl (C=O) groups excluding carboxylic acids is 1. The zero-order valence-corrected chi connectivity index (χ0v) is 11.7. The van der Waals surface area contributed by atoms with Crippen LogP contribution in [-0.4, -0.2) is 49.7 Å². The molecule has 2 aliphatic rings. The maximum absolute atomic E-state index is 12.3. The maximum Gasteiger partial charge on any atom is 0.327 e. The topological polar surface area (TPSA) is 41.6 Å². The Kier molecular flexibility index (Phi) is 4.62. The highest BCUT2D eigenvalue weighted by Crippen LogP contribution is 2.41. The van der Waals surface area contributed by atoms with Crippen LogP contribution in [0, 0.1) is 5.92 Å². The van der Waals surface area contributed by atoms with Gasteiger partial charge in [-0.3, -0.25) is 0 Å². The summed E-state index contributed by atoms with van der Waals surface area (Å²) in [5.41, 5.74) is -0.449. The van der Waals surface area contributed by atoms with Gasteiger partial charge in [0.25, 0.3) is 0 Å². The van der Waals surface area contributed by atoms with Crippen molar-refractivity contribution in [3.63, 3.8) is 0 Å². The molecule has 18 heavy (non-hydrogen) atoms. The largest absolute Gasteiger partial charge is 0.468 e. The Labute approximate surface area is 110 Å². The number of methoxy groups -OCH3 is 1. The molecular weight excluding hydrogens is 228 g/mol. The van der Waals surface area contributed by atoms with E-state index in [2.05, 4.69) is 17.1 Å². The summed E-state index contributed by atoms with van der Waals surface area (Å²) in [4.78, 5) is 14.7. The van der Waals surface area contributed by atoms with Crippen molar-refractivity contribution in [1.29, 1.82) is 0 Å². The van der Waals surface area contributed by atoms with Crippen molar-refractivity contribution in [1.82, 2.24) is 10.2 Å². The number of likely N-dealkylation sites (tertiary alicyclic amines) is 1. The standard InChI is InChI=1S/C14H26N2O2/c1-3-8-15-14(12-6-7-12,13(17)18-2)11-16-9-4-5-10-16/h12,15H,3-11H2,1-2H3. The Morgan fingerprint density at radius 2 is 2.06 bits per heavy atom. The number of ether oxygens (including phenoxy) is 1. The number of carbonyl (C=O) groups is 1. The van der Waals surface area contributed by atoms with Gasteiger partial charge in [0.2, 0.25) is 0 Å². The molecule has 1 atom stereocenters. The SMILES string of the molecule is CCCNC(CN1CCCC1)(C(=O)OC)C1CC1. The van der Waals surface area contributed by atoms with Gasteiger partial charge in [-0.1, -0.05) is 6.92 Å². The van der Waals surface area contributed by atoms with E-state index in [4.69, 9.17) is 4.74 Å². The molecule has 1 aliphatic heterocycles. The summed E-state index contributed by atoms with van der Waals surface area (Å²) in [6.07, 6.45) is 5.87. The summed E-state index contributed by atoms with van der Waals surface area (Å²) < 4.78 is 5.10. The first-order chi connectivity index (χ1) is 8.73. The fraction of sp³-hybridized carbons (Fsp3) is 0.929. The lowest BCUT2D eigenvalue weighted by molar-refractivity contribution is -0.150. The van der Waals surface area contributed by atoms with E-state index >= 15 is 0 Å². The molecule has 0 radical (unpaired) electrons. The molecule has 0 spiro atoms. The van der Waals surface area contributed by atoms with Gasteiger partial charge < -0.3 is 15.0 Å². The predicted molar refractivity (Wildman–Crippen MR) is 71.4 cm³/mol. The molecule has 1 N–H and O–H groups in total. The van der Waals surface area contributed by atoms with Crippen LogP contribution in [0.4, 0.5) is 0 Å². The van der Waals surface area contributed by atoms with Crippen LogP contribution in [0.25, 0.3) is 0 Å². The third-order valence-electron chi connectivity index (χ3n) is 4.19. The number of esters is 1. The van der Waals surface area contributed by atoms with E-state index in [9.17, 15) is 4.79 Å². The average molecular weight is 254 g/mol. The first kappa shape index (κ1) is 13.8. The molecule has 0 aromatic carbocycles. The average Bonchev–Trinajstić information content (AvgIpc) is 3.13. The van der Waals surface area contributed by atoms with Crippen molar-refractivity contribution < 1.29 is 9.53 Å². The second kappa shape index (κ2) is 6.02.